The molecule has 1 amide bonds. The zero-order valence-corrected chi connectivity index (χ0v) is 14.2. The van der Waals surface area contributed by atoms with Crippen molar-refractivity contribution in [3.63, 3.8) is 0 Å². The second-order valence-electron chi connectivity index (χ2n) is 4.53. The minimum Gasteiger partial charge on any atom is -0.490 e. The zero-order valence-electron chi connectivity index (χ0n) is 12.0. The van der Waals surface area contributed by atoms with E-state index in [1.807, 2.05) is 48.5 Å². The molecule has 0 aliphatic rings. The van der Waals surface area contributed by atoms with Crippen LogP contribution in [0.2, 0.25) is 0 Å². The Morgan fingerprint density at radius 1 is 1.09 bits per heavy atom. The Bertz CT molecular complexity index is 624. The summed E-state index contributed by atoms with van der Waals surface area (Å²) in [6, 6.07) is 15.1. The third-order valence-corrected chi connectivity index (χ3v) is 3.52. The molecular formula is C17H17IN2O2. The van der Waals surface area contributed by atoms with Gasteiger partial charge in [-0.1, -0.05) is 12.7 Å². The van der Waals surface area contributed by atoms with Crippen molar-refractivity contribution in [1.29, 1.82) is 0 Å². The van der Waals surface area contributed by atoms with Crippen LogP contribution in [-0.4, -0.2) is 19.1 Å². The van der Waals surface area contributed by atoms with E-state index in [9.17, 15) is 4.79 Å². The largest absolute Gasteiger partial charge is 0.490 e. The Balaban J connectivity index is 1.80. The second kappa shape index (κ2) is 8.43. The topological polar surface area (TPSA) is 50.4 Å². The smallest absolute Gasteiger partial charge is 0.243 e. The molecule has 0 bridgehead atoms. The molecule has 0 unspecified atom stereocenters. The minimum absolute atomic E-state index is 0.0896. The fraction of sp³-hybridized carbons (Fsp3) is 0.118. The van der Waals surface area contributed by atoms with E-state index in [0.717, 1.165) is 20.7 Å². The van der Waals surface area contributed by atoms with Gasteiger partial charge in [0.05, 0.1) is 6.54 Å². The van der Waals surface area contributed by atoms with Crippen molar-refractivity contribution < 1.29 is 9.53 Å². The fourth-order valence-electron chi connectivity index (χ4n) is 1.74. The number of rotatable bonds is 7. The van der Waals surface area contributed by atoms with Gasteiger partial charge in [0.2, 0.25) is 5.91 Å². The molecule has 22 heavy (non-hydrogen) atoms. The molecular weight excluding hydrogens is 391 g/mol. The van der Waals surface area contributed by atoms with Crippen LogP contribution >= 0.6 is 22.6 Å². The van der Waals surface area contributed by atoms with Gasteiger partial charge in [0.15, 0.2) is 0 Å². The number of anilines is 2. The molecule has 2 aromatic rings. The van der Waals surface area contributed by atoms with Crippen LogP contribution in [0.5, 0.6) is 5.75 Å². The maximum atomic E-state index is 11.9. The summed E-state index contributed by atoms with van der Waals surface area (Å²) in [7, 11) is 0. The number of carbonyl (C=O) groups is 1. The van der Waals surface area contributed by atoms with Gasteiger partial charge in [-0.05, 0) is 71.1 Å². The van der Waals surface area contributed by atoms with E-state index in [1.165, 1.54) is 0 Å². The molecule has 0 fully saturated rings. The van der Waals surface area contributed by atoms with Crippen LogP contribution in [0.3, 0.4) is 0 Å². The highest BCUT2D eigenvalue weighted by Gasteiger charge is 2.02. The summed E-state index contributed by atoms with van der Waals surface area (Å²) in [5.41, 5.74) is 1.66. The van der Waals surface area contributed by atoms with Crippen LogP contribution in [0.15, 0.2) is 61.2 Å². The zero-order chi connectivity index (χ0) is 15.8. The second-order valence-corrected chi connectivity index (χ2v) is 5.78. The molecule has 2 aromatic carbocycles. The number of benzene rings is 2. The monoisotopic (exact) mass is 408 g/mol. The Morgan fingerprint density at radius 3 is 2.36 bits per heavy atom. The Hall–Kier alpha value is -2.02. The van der Waals surface area contributed by atoms with Crippen LogP contribution in [-0.2, 0) is 4.79 Å². The van der Waals surface area contributed by atoms with Gasteiger partial charge < -0.3 is 15.4 Å². The number of ether oxygens (including phenoxy) is 1. The molecule has 0 saturated heterocycles. The summed E-state index contributed by atoms with van der Waals surface area (Å²) in [4.78, 5) is 11.9. The van der Waals surface area contributed by atoms with Crippen molar-refractivity contribution in [3.05, 3.63) is 64.8 Å². The predicted molar refractivity (Wildman–Crippen MR) is 98.4 cm³/mol. The number of amides is 1. The van der Waals surface area contributed by atoms with E-state index in [2.05, 4.69) is 39.8 Å². The maximum absolute atomic E-state index is 11.9. The van der Waals surface area contributed by atoms with Crippen LogP contribution in [0.1, 0.15) is 0 Å². The third kappa shape index (κ3) is 5.40. The first-order chi connectivity index (χ1) is 10.7. The van der Waals surface area contributed by atoms with Gasteiger partial charge in [0, 0.05) is 14.9 Å². The summed E-state index contributed by atoms with van der Waals surface area (Å²) in [6.45, 7) is 4.28. The highest BCUT2D eigenvalue weighted by atomic mass is 127. The molecule has 0 aromatic heterocycles. The van der Waals surface area contributed by atoms with E-state index in [-0.39, 0.29) is 12.5 Å². The highest BCUT2D eigenvalue weighted by molar-refractivity contribution is 14.1. The van der Waals surface area contributed by atoms with Crippen LogP contribution in [0, 0.1) is 3.57 Å². The molecule has 114 valence electrons. The predicted octanol–water partition coefficient (Wildman–Crippen LogP) is 3.91. The molecule has 0 aliphatic carbocycles. The van der Waals surface area contributed by atoms with E-state index in [1.54, 1.807) is 6.08 Å². The van der Waals surface area contributed by atoms with Crippen molar-refractivity contribution in [2.75, 3.05) is 23.8 Å². The Kier molecular flexibility index (Phi) is 6.27. The van der Waals surface area contributed by atoms with E-state index < -0.39 is 0 Å². The normalized spacial score (nSPS) is 9.86. The van der Waals surface area contributed by atoms with Crippen molar-refractivity contribution in [2.45, 2.75) is 0 Å². The highest BCUT2D eigenvalue weighted by Crippen LogP contribution is 2.15. The lowest BCUT2D eigenvalue weighted by Gasteiger charge is -2.09. The SMILES string of the molecule is C=CCOc1ccc(NCC(=O)Nc2ccc(I)cc2)cc1. The number of hydrogen-bond acceptors (Lipinski definition) is 3. The summed E-state index contributed by atoms with van der Waals surface area (Å²) >= 11 is 2.22. The van der Waals surface area contributed by atoms with Crippen molar-refractivity contribution in [1.82, 2.24) is 0 Å². The third-order valence-electron chi connectivity index (χ3n) is 2.80. The van der Waals surface area contributed by atoms with Gasteiger partial charge in [-0.25, -0.2) is 0 Å². The minimum atomic E-state index is -0.0896. The fourth-order valence-corrected chi connectivity index (χ4v) is 2.10. The van der Waals surface area contributed by atoms with Gasteiger partial charge in [-0.3, -0.25) is 4.79 Å². The van der Waals surface area contributed by atoms with Gasteiger partial charge in [0.1, 0.15) is 12.4 Å². The number of carbonyl (C=O) groups excluding carboxylic acids is 1. The first-order valence-corrected chi connectivity index (χ1v) is 7.88. The molecule has 0 spiro atoms. The average molecular weight is 408 g/mol. The number of halogens is 1. The molecule has 0 aliphatic heterocycles. The van der Waals surface area contributed by atoms with Crippen LogP contribution in [0.25, 0.3) is 0 Å². The molecule has 2 N–H and O–H groups in total. The lowest BCUT2D eigenvalue weighted by molar-refractivity contribution is -0.114. The first-order valence-electron chi connectivity index (χ1n) is 6.80. The van der Waals surface area contributed by atoms with Crippen LogP contribution in [0.4, 0.5) is 11.4 Å². The summed E-state index contributed by atoms with van der Waals surface area (Å²) in [5.74, 6) is 0.682. The average Bonchev–Trinajstić information content (AvgIpc) is 2.54. The number of nitrogens with one attached hydrogen (secondary N) is 2. The van der Waals surface area contributed by atoms with Crippen molar-refractivity contribution in [2.24, 2.45) is 0 Å². The molecule has 5 heteroatoms. The maximum Gasteiger partial charge on any atom is 0.243 e. The van der Waals surface area contributed by atoms with Crippen molar-refractivity contribution >= 4 is 39.9 Å². The molecule has 0 saturated carbocycles. The quantitative estimate of drug-likeness (QED) is 0.540. The van der Waals surface area contributed by atoms with E-state index in [0.29, 0.717) is 6.61 Å². The van der Waals surface area contributed by atoms with Gasteiger partial charge in [-0.15, -0.1) is 0 Å². The molecule has 0 atom stereocenters. The standard InChI is InChI=1S/C17H17IN2O2/c1-2-11-22-16-9-7-14(8-10-16)19-12-17(21)20-15-5-3-13(18)4-6-15/h2-10,19H,1,11-12H2,(H,20,21). The van der Waals surface area contributed by atoms with E-state index >= 15 is 0 Å². The Morgan fingerprint density at radius 2 is 1.73 bits per heavy atom. The van der Waals surface area contributed by atoms with E-state index in [4.69, 9.17) is 4.74 Å². The summed E-state index contributed by atoms with van der Waals surface area (Å²) < 4.78 is 6.53. The van der Waals surface area contributed by atoms with Gasteiger partial charge >= 0.3 is 0 Å². The van der Waals surface area contributed by atoms with Crippen LogP contribution < -0.4 is 15.4 Å². The molecule has 4 nitrogen and oxygen atoms in total. The van der Waals surface area contributed by atoms with Gasteiger partial charge in [-0.2, -0.15) is 0 Å². The lowest BCUT2D eigenvalue weighted by Crippen LogP contribution is -2.21. The molecule has 2 rings (SSSR count). The van der Waals surface area contributed by atoms with Gasteiger partial charge in [0.25, 0.3) is 0 Å². The number of hydrogen-bond donors (Lipinski definition) is 2. The summed E-state index contributed by atoms with van der Waals surface area (Å²) in [5, 5.41) is 5.91. The Labute approximate surface area is 143 Å². The molecule has 0 radical (unpaired) electrons. The first kappa shape index (κ1) is 16.4. The molecule has 0 heterocycles. The lowest BCUT2D eigenvalue weighted by atomic mass is 10.3. The summed E-state index contributed by atoms with van der Waals surface area (Å²) in [6.07, 6.45) is 1.70. The van der Waals surface area contributed by atoms with Crippen molar-refractivity contribution in [3.8, 4) is 5.75 Å².